The van der Waals surface area contributed by atoms with Gasteiger partial charge in [-0.25, -0.2) is 0 Å². The Morgan fingerprint density at radius 3 is 2.14 bits per heavy atom. The molecular weight excluding hydrogens is 299 g/mol. The van der Waals surface area contributed by atoms with E-state index in [1.807, 2.05) is 33.9 Å². The molecule has 7 heteroatoms. The minimum absolute atomic E-state index is 0.258. The van der Waals surface area contributed by atoms with Gasteiger partial charge in [-0.1, -0.05) is 20.8 Å². The second kappa shape index (κ2) is 6.27. The topological polar surface area (TPSA) is 44.5 Å². The van der Waals surface area contributed by atoms with Crippen LogP contribution in [0.4, 0.5) is 18.9 Å². The first-order valence-electron chi connectivity index (χ1n) is 6.71. The van der Waals surface area contributed by atoms with Crippen LogP contribution in [0.5, 0.6) is 5.75 Å². The van der Waals surface area contributed by atoms with Crippen molar-refractivity contribution in [3.8, 4) is 5.75 Å². The van der Waals surface area contributed by atoms with Crippen molar-refractivity contribution in [1.82, 2.24) is 0 Å². The molecule has 2 N–H and O–H groups in total. The number of ether oxygens (including phenoxy) is 1. The highest BCUT2D eigenvalue weighted by Crippen LogP contribution is 2.42. The van der Waals surface area contributed by atoms with Crippen LogP contribution in [0.15, 0.2) is 18.2 Å². The highest BCUT2D eigenvalue weighted by atomic mass is 28.3. The van der Waals surface area contributed by atoms with Gasteiger partial charge in [0, 0.05) is 11.3 Å². The fourth-order valence-corrected chi connectivity index (χ4v) is 3.10. The first-order valence-corrected chi connectivity index (χ1v) is 9.49. The monoisotopic (exact) mass is 321 g/mol. The molecule has 0 fully saturated rings. The average molecular weight is 321 g/mol. The van der Waals surface area contributed by atoms with E-state index in [2.05, 4.69) is 4.74 Å². The average Bonchev–Trinajstić information content (AvgIpc) is 2.25. The summed E-state index contributed by atoms with van der Waals surface area (Å²) in [6, 6.07) is 4.12. The number of benzene rings is 1. The molecule has 21 heavy (non-hydrogen) atoms. The van der Waals surface area contributed by atoms with Crippen LogP contribution in [-0.2, 0) is 4.43 Å². The van der Waals surface area contributed by atoms with Crippen molar-refractivity contribution >= 4 is 14.7 Å². The molecule has 1 rings (SSSR count). The van der Waals surface area contributed by atoms with Gasteiger partial charge in [0.2, 0.25) is 0 Å². The Labute approximate surface area is 125 Å². The predicted molar refractivity (Wildman–Crippen MR) is 79.7 cm³/mol. The van der Waals surface area contributed by atoms with Gasteiger partial charge >= 0.3 is 6.36 Å². The molecule has 1 unspecified atom stereocenters. The summed E-state index contributed by atoms with van der Waals surface area (Å²) in [5, 5.41) is 0. The Morgan fingerprint density at radius 2 is 1.71 bits per heavy atom. The van der Waals surface area contributed by atoms with Crippen LogP contribution in [0.3, 0.4) is 0 Å². The molecule has 0 radical (unpaired) electrons. The highest BCUT2D eigenvalue weighted by Gasteiger charge is 2.36. The van der Waals surface area contributed by atoms with Gasteiger partial charge < -0.3 is 14.9 Å². The first-order chi connectivity index (χ1) is 9.40. The Hall–Kier alpha value is -1.21. The van der Waals surface area contributed by atoms with E-state index in [9.17, 15) is 13.2 Å². The van der Waals surface area contributed by atoms with Crippen molar-refractivity contribution in [2.24, 2.45) is 5.41 Å². The third-order valence-electron chi connectivity index (χ3n) is 2.74. The largest absolute Gasteiger partial charge is 0.573 e. The summed E-state index contributed by atoms with van der Waals surface area (Å²) in [6.45, 7) is 9.67. The molecule has 0 saturated heterocycles. The Balaban J connectivity index is 3.31. The minimum Gasteiger partial charge on any atom is -0.413 e. The van der Waals surface area contributed by atoms with Gasteiger partial charge in [-0.05, 0) is 36.7 Å². The zero-order valence-corrected chi connectivity index (χ0v) is 14.1. The molecule has 0 spiro atoms. The summed E-state index contributed by atoms with van der Waals surface area (Å²) in [4.78, 5) is 0. The smallest absolute Gasteiger partial charge is 0.413 e. The number of hydrogen-bond acceptors (Lipinski definition) is 3. The molecule has 0 aliphatic rings. The Bertz CT molecular complexity index is 484. The minimum atomic E-state index is -4.75. The fraction of sp³-hybridized carbons (Fsp3) is 0.571. The van der Waals surface area contributed by atoms with Crippen molar-refractivity contribution in [3.63, 3.8) is 0 Å². The molecule has 0 aromatic heterocycles. The molecule has 1 atom stereocenters. The first kappa shape index (κ1) is 17.8. The van der Waals surface area contributed by atoms with Crippen LogP contribution >= 0.6 is 0 Å². The number of nitrogen functional groups attached to an aromatic ring is 1. The van der Waals surface area contributed by atoms with Crippen LogP contribution in [-0.4, -0.2) is 15.4 Å². The quantitative estimate of drug-likeness (QED) is 0.666. The Kier molecular flexibility index (Phi) is 5.33. The number of anilines is 1. The predicted octanol–water partition coefficient (Wildman–Crippen LogP) is 4.25. The van der Waals surface area contributed by atoms with Crippen molar-refractivity contribution < 1.29 is 22.3 Å². The van der Waals surface area contributed by atoms with Crippen LogP contribution in [0, 0.1) is 5.41 Å². The van der Waals surface area contributed by atoms with Crippen molar-refractivity contribution in [2.75, 3.05) is 5.73 Å². The maximum atomic E-state index is 12.6. The lowest BCUT2D eigenvalue weighted by Gasteiger charge is -2.34. The number of halogens is 3. The van der Waals surface area contributed by atoms with Gasteiger partial charge in [0.05, 0.1) is 6.10 Å². The normalized spacial score (nSPS) is 14.3. The molecule has 0 saturated carbocycles. The lowest BCUT2D eigenvalue weighted by atomic mass is 9.84. The summed E-state index contributed by atoms with van der Waals surface area (Å²) >= 11 is 0. The van der Waals surface area contributed by atoms with Gasteiger partial charge in [0.15, 0.2) is 9.04 Å². The third-order valence-corrected chi connectivity index (χ3v) is 3.55. The fourth-order valence-electron chi connectivity index (χ4n) is 2.01. The van der Waals surface area contributed by atoms with Gasteiger partial charge in [0.1, 0.15) is 5.75 Å². The molecule has 0 heterocycles. The molecule has 0 aliphatic carbocycles. The molecule has 0 aliphatic heterocycles. The maximum Gasteiger partial charge on any atom is 0.573 e. The van der Waals surface area contributed by atoms with Gasteiger partial charge in [-0.2, -0.15) is 0 Å². The maximum absolute atomic E-state index is 12.6. The van der Waals surface area contributed by atoms with Gasteiger partial charge in [-0.3, -0.25) is 0 Å². The summed E-state index contributed by atoms with van der Waals surface area (Å²) in [5.74, 6) is -0.258. The van der Waals surface area contributed by atoms with Crippen molar-refractivity contribution in [2.45, 2.75) is 46.3 Å². The Morgan fingerprint density at radius 1 is 1.14 bits per heavy atom. The highest BCUT2D eigenvalue weighted by molar-refractivity contribution is 6.48. The number of hydrogen-bond donors (Lipinski definition) is 1. The van der Waals surface area contributed by atoms with Gasteiger partial charge in [-0.15, -0.1) is 13.2 Å². The molecular formula is C14H22F3NO2Si. The van der Waals surface area contributed by atoms with Crippen molar-refractivity contribution in [3.05, 3.63) is 23.8 Å². The molecule has 1 aromatic rings. The number of nitrogens with two attached hydrogens (primary N) is 1. The lowest BCUT2D eigenvalue weighted by Crippen LogP contribution is -2.27. The van der Waals surface area contributed by atoms with Gasteiger partial charge in [0.25, 0.3) is 0 Å². The standard InChI is InChI=1S/C14H22F3NO2Si/c1-13(2,3)12(20-21(4)5)10-8-9(18)6-7-11(10)19-14(15,16)17/h6-8,12,21H,18H2,1-5H3. The third kappa shape index (κ3) is 5.59. The summed E-state index contributed by atoms with van der Waals surface area (Å²) in [5.41, 5.74) is 6.05. The van der Waals surface area contributed by atoms with E-state index in [4.69, 9.17) is 10.2 Å². The zero-order chi connectivity index (χ0) is 16.4. The van der Waals surface area contributed by atoms with Crippen LogP contribution in [0.25, 0.3) is 0 Å². The van der Waals surface area contributed by atoms with E-state index < -0.39 is 21.5 Å². The lowest BCUT2D eigenvalue weighted by molar-refractivity contribution is -0.275. The second-order valence-electron chi connectivity index (χ2n) is 6.28. The van der Waals surface area contributed by atoms with Crippen molar-refractivity contribution in [1.29, 1.82) is 0 Å². The zero-order valence-electron chi connectivity index (χ0n) is 12.9. The second-order valence-corrected chi connectivity index (χ2v) is 8.65. The van der Waals surface area contributed by atoms with E-state index in [0.717, 1.165) is 0 Å². The number of rotatable bonds is 4. The van der Waals surface area contributed by atoms with E-state index in [1.165, 1.54) is 18.2 Å². The molecule has 3 nitrogen and oxygen atoms in total. The van der Waals surface area contributed by atoms with E-state index in [-0.39, 0.29) is 11.2 Å². The molecule has 120 valence electrons. The molecule has 0 bridgehead atoms. The summed E-state index contributed by atoms with van der Waals surface area (Å²) < 4.78 is 47.7. The van der Waals surface area contributed by atoms with Crippen LogP contribution < -0.4 is 10.5 Å². The number of alkyl halides is 3. The van der Waals surface area contributed by atoms with E-state index >= 15 is 0 Å². The molecule has 1 aromatic carbocycles. The van der Waals surface area contributed by atoms with E-state index in [1.54, 1.807) is 0 Å². The van der Waals surface area contributed by atoms with Crippen LogP contribution in [0.2, 0.25) is 13.1 Å². The summed E-state index contributed by atoms with van der Waals surface area (Å²) in [6.07, 6.45) is -5.26. The molecule has 0 amide bonds. The van der Waals surface area contributed by atoms with Crippen LogP contribution in [0.1, 0.15) is 32.4 Å². The van der Waals surface area contributed by atoms with E-state index in [0.29, 0.717) is 11.3 Å². The summed E-state index contributed by atoms with van der Waals surface area (Å²) in [7, 11) is -1.46. The SMILES string of the molecule is C[SiH](C)OC(c1cc(N)ccc1OC(F)(F)F)C(C)(C)C.